The van der Waals surface area contributed by atoms with Crippen LogP contribution in [0.4, 0.5) is 17.1 Å². The number of aromatic nitrogens is 1. The Bertz CT molecular complexity index is 2760. The highest BCUT2D eigenvalue weighted by Gasteiger charge is 2.25. The molecule has 0 aliphatic rings. The summed E-state index contributed by atoms with van der Waals surface area (Å²) in [6, 6.07) is 53.8. The molecule has 3 heterocycles. The van der Waals surface area contributed by atoms with Gasteiger partial charge in [0.2, 0.25) is 5.89 Å². The SMILES string of the molecule is c1ccc(-c2ccc(N(c3cccc4c3oc3ccccc34)c3cc(-c4nc5ccccc5o4)cc4c3oc3ccccc34)cc2)cc1. The van der Waals surface area contributed by atoms with Crippen molar-refractivity contribution in [2.45, 2.75) is 0 Å². The van der Waals surface area contributed by atoms with Crippen molar-refractivity contribution in [3.63, 3.8) is 0 Å². The third-order valence-corrected chi connectivity index (χ3v) is 9.10. The van der Waals surface area contributed by atoms with Crippen molar-refractivity contribution in [3.8, 4) is 22.6 Å². The van der Waals surface area contributed by atoms with Gasteiger partial charge in [0.05, 0.1) is 11.4 Å². The van der Waals surface area contributed by atoms with E-state index in [0.29, 0.717) is 5.89 Å². The van der Waals surface area contributed by atoms with Crippen LogP contribution in [-0.2, 0) is 0 Å². The number of oxazole rings is 1. The molecule has 0 fully saturated rings. The van der Waals surface area contributed by atoms with Gasteiger partial charge in [0.1, 0.15) is 16.7 Å². The Morgan fingerprint density at radius 2 is 1.00 bits per heavy atom. The smallest absolute Gasteiger partial charge is 0.227 e. The molecule has 10 rings (SSSR count). The number of para-hydroxylation sites is 5. The van der Waals surface area contributed by atoms with Crippen molar-refractivity contribution in [1.82, 2.24) is 4.98 Å². The number of hydrogen-bond donors (Lipinski definition) is 0. The van der Waals surface area contributed by atoms with Crippen LogP contribution < -0.4 is 4.90 Å². The standard InChI is InChI=1S/C43H26N2O3/c1-2-11-27(12-3-1)28-21-23-30(24-22-28)45(36-17-10-15-33-31-13-4-7-18-38(31)46-41(33)36)37-26-29(43-44-35-16-6-9-20-40(35)48-43)25-34-32-14-5-8-19-39(32)47-42(34)37/h1-26H. The maximum Gasteiger partial charge on any atom is 0.227 e. The van der Waals surface area contributed by atoms with Gasteiger partial charge in [-0.15, -0.1) is 0 Å². The fourth-order valence-electron chi connectivity index (χ4n) is 6.84. The van der Waals surface area contributed by atoms with Gasteiger partial charge in [-0.1, -0.05) is 103 Å². The first-order chi connectivity index (χ1) is 23.8. The molecule has 0 unspecified atom stereocenters. The van der Waals surface area contributed by atoms with E-state index >= 15 is 0 Å². The molecule has 0 N–H and O–H groups in total. The summed E-state index contributed by atoms with van der Waals surface area (Å²) in [6.45, 7) is 0. The van der Waals surface area contributed by atoms with Crippen LogP contribution in [0, 0.1) is 0 Å². The van der Waals surface area contributed by atoms with Crippen LogP contribution in [0.5, 0.6) is 0 Å². The molecular weight excluding hydrogens is 592 g/mol. The minimum absolute atomic E-state index is 0.547. The molecule has 0 aliphatic carbocycles. The van der Waals surface area contributed by atoms with Crippen LogP contribution >= 0.6 is 0 Å². The molecular formula is C43H26N2O3. The van der Waals surface area contributed by atoms with E-state index in [2.05, 4.69) is 95.9 Å². The molecule has 48 heavy (non-hydrogen) atoms. The molecule has 3 aromatic heterocycles. The van der Waals surface area contributed by atoms with E-state index in [1.54, 1.807) is 0 Å². The summed E-state index contributed by atoms with van der Waals surface area (Å²) in [5, 5.41) is 4.11. The van der Waals surface area contributed by atoms with E-state index in [1.807, 2.05) is 66.7 Å². The van der Waals surface area contributed by atoms with Gasteiger partial charge in [-0.05, 0) is 65.7 Å². The first-order valence-corrected chi connectivity index (χ1v) is 16.0. The Kier molecular flexibility index (Phi) is 5.81. The normalized spacial score (nSPS) is 11.8. The van der Waals surface area contributed by atoms with Crippen molar-refractivity contribution in [1.29, 1.82) is 0 Å². The first-order valence-electron chi connectivity index (χ1n) is 16.0. The second-order valence-corrected chi connectivity index (χ2v) is 12.0. The summed E-state index contributed by atoms with van der Waals surface area (Å²) in [6.07, 6.45) is 0. The quantitative estimate of drug-likeness (QED) is 0.192. The number of fused-ring (bicyclic) bond motifs is 7. The highest BCUT2D eigenvalue weighted by Crippen LogP contribution is 2.47. The lowest BCUT2D eigenvalue weighted by molar-refractivity contribution is 0.620. The summed E-state index contributed by atoms with van der Waals surface area (Å²) < 4.78 is 19.7. The summed E-state index contributed by atoms with van der Waals surface area (Å²) >= 11 is 0. The van der Waals surface area contributed by atoms with Crippen LogP contribution in [0.1, 0.15) is 0 Å². The number of anilines is 3. The molecule has 0 spiro atoms. The van der Waals surface area contributed by atoms with Crippen LogP contribution in [0.2, 0.25) is 0 Å². The predicted octanol–water partition coefficient (Wildman–Crippen LogP) is 12.4. The van der Waals surface area contributed by atoms with Crippen LogP contribution in [0.25, 0.3) is 77.6 Å². The molecule has 0 bridgehead atoms. The molecule has 5 nitrogen and oxygen atoms in total. The van der Waals surface area contributed by atoms with E-state index in [9.17, 15) is 0 Å². The van der Waals surface area contributed by atoms with Gasteiger partial charge < -0.3 is 18.2 Å². The van der Waals surface area contributed by atoms with E-state index in [1.165, 1.54) is 0 Å². The molecule has 5 heteroatoms. The number of benzene rings is 7. The lowest BCUT2D eigenvalue weighted by Gasteiger charge is -2.26. The number of hydrogen-bond acceptors (Lipinski definition) is 5. The molecule has 0 saturated carbocycles. The van der Waals surface area contributed by atoms with Gasteiger partial charge >= 0.3 is 0 Å². The number of rotatable bonds is 5. The van der Waals surface area contributed by atoms with Crippen molar-refractivity contribution in [2.75, 3.05) is 4.90 Å². The van der Waals surface area contributed by atoms with Gasteiger partial charge in [-0.25, -0.2) is 4.98 Å². The zero-order valence-corrected chi connectivity index (χ0v) is 25.6. The second kappa shape index (κ2) is 10.5. The molecule has 0 saturated heterocycles. The number of nitrogens with zero attached hydrogens (tertiary/aromatic N) is 2. The molecule has 10 aromatic rings. The summed E-state index contributed by atoms with van der Waals surface area (Å²) in [5.74, 6) is 0.547. The minimum Gasteiger partial charge on any atom is -0.454 e. The van der Waals surface area contributed by atoms with Gasteiger partial charge in [0.15, 0.2) is 16.7 Å². The fourth-order valence-corrected chi connectivity index (χ4v) is 6.84. The summed E-state index contributed by atoms with van der Waals surface area (Å²) in [4.78, 5) is 7.12. The summed E-state index contributed by atoms with van der Waals surface area (Å²) in [7, 11) is 0. The lowest BCUT2D eigenvalue weighted by Crippen LogP contribution is -2.11. The van der Waals surface area contributed by atoms with Gasteiger partial charge in [0, 0.05) is 32.8 Å². The Labute approximate surface area is 274 Å². The monoisotopic (exact) mass is 618 g/mol. The van der Waals surface area contributed by atoms with Gasteiger partial charge in [0.25, 0.3) is 0 Å². The van der Waals surface area contributed by atoms with Gasteiger partial charge in [-0.2, -0.15) is 0 Å². The van der Waals surface area contributed by atoms with Crippen molar-refractivity contribution < 1.29 is 13.3 Å². The molecule has 0 aliphatic heterocycles. The Balaban J connectivity index is 1.28. The van der Waals surface area contributed by atoms with Crippen molar-refractivity contribution in [2.24, 2.45) is 0 Å². The van der Waals surface area contributed by atoms with Crippen molar-refractivity contribution in [3.05, 3.63) is 158 Å². The first kappa shape index (κ1) is 26.6. The number of furan rings is 2. The van der Waals surface area contributed by atoms with Crippen LogP contribution in [-0.4, -0.2) is 4.98 Å². The Morgan fingerprint density at radius 1 is 0.396 bits per heavy atom. The fraction of sp³-hybridized carbons (Fsp3) is 0. The van der Waals surface area contributed by atoms with E-state index in [-0.39, 0.29) is 0 Å². The maximum atomic E-state index is 6.70. The summed E-state index contributed by atoms with van der Waals surface area (Å²) in [5.41, 5.74) is 10.6. The molecule has 226 valence electrons. The molecule has 0 amide bonds. The highest BCUT2D eigenvalue weighted by molar-refractivity contribution is 6.15. The lowest BCUT2D eigenvalue weighted by atomic mass is 10.0. The second-order valence-electron chi connectivity index (χ2n) is 12.0. The topological polar surface area (TPSA) is 55.6 Å². The maximum absolute atomic E-state index is 6.70. The van der Waals surface area contributed by atoms with E-state index in [4.69, 9.17) is 18.2 Å². The average Bonchev–Trinajstić information content (AvgIpc) is 3.86. The largest absolute Gasteiger partial charge is 0.454 e. The zero-order valence-electron chi connectivity index (χ0n) is 25.6. The highest BCUT2D eigenvalue weighted by atomic mass is 16.4. The van der Waals surface area contributed by atoms with E-state index < -0.39 is 0 Å². The van der Waals surface area contributed by atoms with Crippen LogP contribution in [0.3, 0.4) is 0 Å². The molecule has 0 radical (unpaired) electrons. The predicted molar refractivity (Wildman–Crippen MR) is 194 cm³/mol. The zero-order chi connectivity index (χ0) is 31.6. The third kappa shape index (κ3) is 4.15. The third-order valence-electron chi connectivity index (χ3n) is 9.10. The Hall–Kier alpha value is -6.59. The minimum atomic E-state index is 0.547. The average molecular weight is 619 g/mol. The Morgan fingerprint density at radius 3 is 1.75 bits per heavy atom. The van der Waals surface area contributed by atoms with Crippen molar-refractivity contribution >= 4 is 72.0 Å². The van der Waals surface area contributed by atoms with E-state index in [0.717, 1.165) is 88.7 Å². The van der Waals surface area contributed by atoms with Gasteiger partial charge in [-0.3, -0.25) is 0 Å². The molecule has 0 atom stereocenters. The van der Waals surface area contributed by atoms with Crippen LogP contribution in [0.15, 0.2) is 171 Å². The molecule has 7 aromatic carbocycles.